The first-order chi connectivity index (χ1) is 8.17. The Bertz CT molecular complexity index is 396. The van der Waals surface area contributed by atoms with Crippen molar-refractivity contribution >= 4 is 5.97 Å². The molecule has 0 atom stereocenters. The highest BCUT2D eigenvalue weighted by atomic mass is 16.5. The molecule has 0 aliphatic heterocycles. The second-order valence-electron chi connectivity index (χ2n) is 3.52. The van der Waals surface area contributed by atoms with E-state index < -0.39 is 0 Å². The first-order valence-electron chi connectivity index (χ1n) is 5.50. The summed E-state index contributed by atoms with van der Waals surface area (Å²) in [6.07, 6.45) is 4.01. The van der Waals surface area contributed by atoms with Crippen molar-refractivity contribution in [3.05, 3.63) is 35.7 Å². The van der Waals surface area contributed by atoms with E-state index in [0.717, 1.165) is 5.69 Å². The van der Waals surface area contributed by atoms with Crippen molar-refractivity contribution in [2.45, 2.75) is 20.3 Å². The van der Waals surface area contributed by atoms with Crippen LogP contribution in [0.15, 0.2) is 30.0 Å². The van der Waals surface area contributed by atoms with E-state index >= 15 is 0 Å². The number of hydrogen-bond acceptors (Lipinski definition) is 4. The fourth-order valence-electron chi connectivity index (χ4n) is 1.28. The topological polar surface area (TPSA) is 48.4 Å². The van der Waals surface area contributed by atoms with Crippen molar-refractivity contribution in [1.29, 1.82) is 0 Å². The van der Waals surface area contributed by atoms with Gasteiger partial charge in [0.1, 0.15) is 12.4 Å². The van der Waals surface area contributed by atoms with Crippen LogP contribution in [0.3, 0.4) is 0 Å². The highest BCUT2D eigenvalue weighted by Gasteiger charge is 2.05. The Hall–Kier alpha value is -1.84. The molecule has 0 aliphatic carbocycles. The van der Waals surface area contributed by atoms with Gasteiger partial charge in [0.25, 0.3) is 0 Å². The van der Waals surface area contributed by atoms with Crippen LogP contribution in [0.1, 0.15) is 19.0 Å². The Labute approximate surface area is 101 Å². The lowest BCUT2D eigenvalue weighted by Crippen LogP contribution is -2.06. The number of aromatic nitrogens is 1. The monoisotopic (exact) mass is 235 g/mol. The van der Waals surface area contributed by atoms with E-state index in [1.54, 1.807) is 12.3 Å². The molecular weight excluding hydrogens is 218 g/mol. The average Bonchev–Trinajstić information content (AvgIpc) is 2.36. The number of ether oxygens (including phenoxy) is 2. The molecule has 1 heterocycles. The van der Waals surface area contributed by atoms with Crippen molar-refractivity contribution in [2.75, 3.05) is 13.7 Å². The van der Waals surface area contributed by atoms with E-state index in [4.69, 9.17) is 4.74 Å². The maximum absolute atomic E-state index is 11.3. The summed E-state index contributed by atoms with van der Waals surface area (Å²) in [5.41, 5.74) is 1.56. The molecule has 0 saturated heterocycles. The van der Waals surface area contributed by atoms with Crippen LogP contribution >= 0.6 is 0 Å². The summed E-state index contributed by atoms with van der Waals surface area (Å²) in [6, 6.07) is 3.72. The zero-order valence-electron chi connectivity index (χ0n) is 10.4. The summed E-state index contributed by atoms with van der Waals surface area (Å²) in [5, 5.41) is 0. The number of carbonyl (C=O) groups excluding carboxylic acids is 1. The summed E-state index contributed by atoms with van der Waals surface area (Å²) >= 11 is 0. The van der Waals surface area contributed by atoms with Crippen LogP contribution in [0.4, 0.5) is 0 Å². The lowest BCUT2D eigenvalue weighted by Gasteiger charge is -2.05. The van der Waals surface area contributed by atoms with Gasteiger partial charge in [-0.05, 0) is 31.6 Å². The average molecular weight is 235 g/mol. The molecule has 0 spiro atoms. The van der Waals surface area contributed by atoms with E-state index in [1.165, 1.54) is 7.11 Å². The normalized spacial score (nSPS) is 11.1. The van der Waals surface area contributed by atoms with Crippen LogP contribution in [0.25, 0.3) is 0 Å². The van der Waals surface area contributed by atoms with Crippen molar-refractivity contribution in [2.24, 2.45) is 0 Å². The summed E-state index contributed by atoms with van der Waals surface area (Å²) < 4.78 is 10.1. The molecule has 1 aromatic heterocycles. The molecule has 0 saturated carbocycles. The summed E-state index contributed by atoms with van der Waals surface area (Å²) in [7, 11) is 1.37. The van der Waals surface area contributed by atoms with E-state index in [0.29, 0.717) is 24.4 Å². The molecule has 1 aromatic rings. The maximum atomic E-state index is 11.3. The van der Waals surface area contributed by atoms with Gasteiger partial charge in [-0.1, -0.05) is 6.92 Å². The van der Waals surface area contributed by atoms with Gasteiger partial charge in [0, 0.05) is 11.3 Å². The lowest BCUT2D eigenvalue weighted by molar-refractivity contribution is -0.136. The molecule has 17 heavy (non-hydrogen) atoms. The number of rotatable bonds is 5. The van der Waals surface area contributed by atoms with Gasteiger partial charge in [-0.25, -0.2) is 4.79 Å². The van der Waals surface area contributed by atoms with Gasteiger partial charge in [-0.15, -0.1) is 0 Å². The first kappa shape index (κ1) is 13.2. The number of carbonyl (C=O) groups is 1. The van der Waals surface area contributed by atoms with Crippen LogP contribution in [0, 0.1) is 6.92 Å². The Morgan fingerprint density at radius 2 is 2.24 bits per heavy atom. The number of nitrogens with zero attached hydrogens (tertiary/aromatic N) is 1. The fourth-order valence-corrected chi connectivity index (χ4v) is 1.28. The molecule has 0 aromatic carbocycles. The van der Waals surface area contributed by atoms with Gasteiger partial charge < -0.3 is 9.47 Å². The molecular formula is C13H17NO3. The number of hydrogen-bond donors (Lipinski definition) is 0. The predicted molar refractivity (Wildman–Crippen MR) is 64.9 cm³/mol. The van der Waals surface area contributed by atoms with Gasteiger partial charge in [0.2, 0.25) is 0 Å². The quantitative estimate of drug-likeness (QED) is 0.580. The molecule has 0 amide bonds. The largest absolute Gasteiger partial charge is 0.488 e. The van der Waals surface area contributed by atoms with Gasteiger partial charge in [0.15, 0.2) is 0 Å². The molecule has 92 valence electrons. The van der Waals surface area contributed by atoms with Crippen LogP contribution in [0.5, 0.6) is 5.75 Å². The van der Waals surface area contributed by atoms with Gasteiger partial charge in [-0.3, -0.25) is 4.98 Å². The SMILES string of the molecule is CCC(=CCOc1ccc(C)nc1)C(=O)OC. The number of pyridine rings is 1. The number of esters is 1. The van der Waals surface area contributed by atoms with Crippen molar-refractivity contribution in [1.82, 2.24) is 4.98 Å². The zero-order valence-corrected chi connectivity index (χ0v) is 10.4. The highest BCUT2D eigenvalue weighted by Crippen LogP contribution is 2.09. The van der Waals surface area contributed by atoms with Gasteiger partial charge >= 0.3 is 5.97 Å². The molecule has 0 N–H and O–H groups in total. The second-order valence-corrected chi connectivity index (χ2v) is 3.52. The molecule has 0 unspecified atom stereocenters. The van der Waals surface area contributed by atoms with E-state index in [2.05, 4.69) is 9.72 Å². The molecule has 1 rings (SSSR count). The van der Waals surface area contributed by atoms with E-state index in [-0.39, 0.29) is 5.97 Å². The molecule has 0 fully saturated rings. The van der Waals surface area contributed by atoms with E-state index in [9.17, 15) is 4.79 Å². The third kappa shape index (κ3) is 4.26. The predicted octanol–water partition coefficient (Wildman–Crippen LogP) is 2.28. The first-order valence-corrected chi connectivity index (χ1v) is 5.50. The van der Waals surface area contributed by atoms with Crippen LogP contribution in [0.2, 0.25) is 0 Å². The van der Waals surface area contributed by atoms with Crippen molar-refractivity contribution in [3.8, 4) is 5.75 Å². The number of methoxy groups -OCH3 is 1. The lowest BCUT2D eigenvalue weighted by atomic mass is 10.2. The zero-order chi connectivity index (χ0) is 12.7. The van der Waals surface area contributed by atoms with Gasteiger partial charge in [0.05, 0.1) is 13.3 Å². The highest BCUT2D eigenvalue weighted by molar-refractivity contribution is 5.88. The van der Waals surface area contributed by atoms with Crippen molar-refractivity contribution in [3.63, 3.8) is 0 Å². The number of aryl methyl sites for hydroxylation is 1. The minimum absolute atomic E-state index is 0.307. The molecule has 4 heteroatoms. The minimum atomic E-state index is -0.307. The summed E-state index contributed by atoms with van der Waals surface area (Å²) in [4.78, 5) is 15.4. The minimum Gasteiger partial charge on any atom is -0.488 e. The van der Waals surface area contributed by atoms with Gasteiger partial charge in [-0.2, -0.15) is 0 Å². The third-order valence-corrected chi connectivity index (χ3v) is 2.29. The second kappa shape index (κ2) is 6.68. The molecule has 0 bridgehead atoms. The van der Waals surface area contributed by atoms with Crippen LogP contribution in [-0.4, -0.2) is 24.7 Å². The Morgan fingerprint density at radius 1 is 1.47 bits per heavy atom. The van der Waals surface area contributed by atoms with Crippen molar-refractivity contribution < 1.29 is 14.3 Å². The maximum Gasteiger partial charge on any atom is 0.333 e. The van der Waals surface area contributed by atoms with Crippen LogP contribution in [-0.2, 0) is 9.53 Å². The molecule has 4 nitrogen and oxygen atoms in total. The summed E-state index contributed by atoms with van der Waals surface area (Å²) in [6.45, 7) is 4.15. The Kier molecular flexibility index (Phi) is 5.20. The smallest absolute Gasteiger partial charge is 0.333 e. The molecule has 0 aliphatic rings. The molecule has 0 radical (unpaired) electrons. The van der Waals surface area contributed by atoms with E-state index in [1.807, 2.05) is 26.0 Å². The summed E-state index contributed by atoms with van der Waals surface area (Å²) in [5.74, 6) is 0.380. The Morgan fingerprint density at radius 3 is 2.76 bits per heavy atom. The van der Waals surface area contributed by atoms with Crippen LogP contribution < -0.4 is 4.74 Å². The Balaban J connectivity index is 2.53. The third-order valence-electron chi connectivity index (χ3n) is 2.29. The standard InChI is InChI=1S/C13H17NO3/c1-4-11(13(15)16-3)7-8-17-12-6-5-10(2)14-9-12/h5-7,9H,4,8H2,1-3H3. The fraction of sp³-hybridized carbons (Fsp3) is 0.385.